The number of nitrogens with zero attached hydrogens (tertiary/aromatic N) is 4. The van der Waals surface area contributed by atoms with Gasteiger partial charge in [-0.2, -0.15) is 0 Å². The Morgan fingerprint density at radius 3 is 2.62 bits per heavy atom. The summed E-state index contributed by atoms with van der Waals surface area (Å²) in [7, 11) is 0. The highest BCUT2D eigenvalue weighted by atomic mass is 32.1. The maximum absolute atomic E-state index is 15.4. The first-order valence-corrected chi connectivity index (χ1v) is 13.5. The van der Waals surface area contributed by atoms with Crippen molar-refractivity contribution in [1.29, 1.82) is 0 Å². The van der Waals surface area contributed by atoms with Crippen LogP contribution in [0, 0.1) is 0 Å². The van der Waals surface area contributed by atoms with Crippen LogP contribution in [-0.4, -0.2) is 70.1 Å². The normalized spacial score (nSPS) is 23.1. The summed E-state index contributed by atoms with van der Waals surface area (Å²) in [4.78, 5) is 44.1. The number of para-hydroxylation sites is 1. The van der Waals surface area contributed by atoms with Gasteiger partial charge in [0.05, 0.1) is 28.9 Å². The van der Waals surface area contributed by atoms with Gasteiger partial charge in [0.1, 0.15) is 11.0 Å². The van der Waals surface area contributed by atoms with Crippen LogP contribution < -0.4 is 10.2 Å². The van der Waals surface area contributed by atoms with Gasteiger partial charge in [-0.05, 0) is 49.9 Å². The van der Waals surface area contributed by atoms with E-state index >= 15 is 4.39 Å². The van der Waals surface area contributed by atoms with Gasteiger partial charge in [0, 0.05) is 35.1 Å². The van der Waals surface area contributed by atoms with E-state index in [0.717, 1.165) is 36.1 Å². The van der Waals surface area contributed by atoms with Gasteiger partial charge >= 0.3 is 0 Å². The SMILES string of the molecule is O=C1NC(=O)C(c2c[nH]c3sccc23)=C1c1nc(N2CCC(N3CCCC3)C(F)C2)nc2ccccc12. The van der Waals surface area contributed by atoms with E-state index in [1.807, 2.05) is 40.6 Å². The van der Waals surface area contributed by atoms with Crippen LogP contribution in [0.25, 0.3) is 32.3 Å². The van der Waals surface area contributed by atoms with Crippen LogP contribution in [0.5, 0.6) is 0 Å². The number of aromatic nitrogens is 3. The molecule has 4 aromatic rings. The third kappa shape index (κ3) is 3.66. The molecule has 10 heteroatoms. The highest BCUT2D eigenvalue weighted by Gasteiger charge is 2.38. The second-order valence-electron chi connectivity index (χ2n) is 9.85. The summed E-state index contributed by atoms with van der Waals surface area (Å²) >= 11 is 1.53. The molecule has 2 amide bonds. The molecule has 0 bridgehead atoms. The van der Waals surface area contributed by atoms with Crippen molar-refractivity contribution in [3.63, 3.8) is 0 Å². The summed E-state index contributed by atoms with van der Waals surface area (Å²) in [6.45, 7) is 2.74. The molecule has 3 aliphatic heterocycles. The smallest absolute Gasteiger partial charge is 0.261 e. The number of anilines is 1. The molecule has 7 rings (SSSR count). The second-order valence-corrected chi connectivity index (χ2v) is 10.8. The number of amides is 2. The molecule has 2 N–H and O–H groups in total. The number of imide groups is 1. The zero-order valence-electron chi connectivity index (χ0n) is 20.0. The van der Waals surface area contributed by atoms with Crippen LogP contribution in [-0.2, 0) is 9.59 Å². The van der Waals surface area contributed by atoms with E-state index in [9.17, 15) is 9.59 Å². The van der Waals surface area contributed by atoms with Gasteiger partial charge in [0.2, 0.25) is 5.95 Å². The molecule has 0 spiro atoms. The highest BCUT2D eigenvalue weighted by molar-refractivity contribution is 7.16. The van der Waals surface area contributed by atoms with E-state index < -0.39 is 18.0 Å². The van der Waals surface area contributed by atoms with Crippen LogP contribution in [0.3, 0.4) is 0 Å². The lowest BCUT2D eigenvalue weighted by Gasteiger charge is -2.39. The lowest BCUT2D eigenvalue weighted by Crippen LogP contribution is -2.52. The zero-order valence-corrected chi connectivity index (χ0v) is 20.9. The first-order valence-electron chi connectivity index (χ1n) is 12.6. The summed E-state index contributed by atoms with van der Waals surface area (Å²) < 4.78 is 15.4. The van der Waals surface area contributed by atoms with Crippen molar-refractivity contribution in [3.05, 3.63) is 53.2 Å². The summed E-state index contributed by atoms with van der Waals surface area (Å²) in [6.07, 6.45) is 3.69. The minimum Gasteiger partial charge on any atom is -0.352 e. The van der Waals surface area contributed by atoms with Gasteiger partial charge in [-0.1, -0.05) is 18.2 Å². The number of alkyl halides is 1. The Morgan fingerprint density at radius 2 is 1.78 bits per heavy atom. The van der Waals surface area contributed by atoms with Gasteiger partial charge in [0.25, 0.3) is 11.8 Å². The number of H-pyrrole nitrogens is 1. The zero-order chi connectivity index (χ0) is 25.1. The molecule has 8 nitrogen and oxygen atoms in total. The number of piperidine rings is 1. The van der Waals surface area contributed by atoms with Crippen LogP contribution in [0.1, 0.15) is 30.5 Å². The Hall–Kier alpha value is -3.63. The van der Waals surface area contributed by atoms with Crippen LogP contribution in [0.15, 0.2) is 41.9 Å². The quantitative estimate of drug-likeness (QED) is 0.401. The molecule has 3 aromatic heterocycles. The summed E-state index contributed by atoms with van der Waals surface area (Å²) in [5, 5.41) is 5.96. The molecule has 3 aliphatic rings. The van der Waals surface area contributed by atoms with Crippen LogP contribution >= 0.6 is 11.3 Å². The summed E-state index contributed by atoms with van der Waals surface area (Å²) in [5.41, 5.74) is 2.21. The monoisotopic (exact) mass is 516 g/mol. The van der Waals surface area contributed by atoms with E-state index in [0.29, 0.717) is 46.6 Å². The van der Waals surface area contributed by atoms with Crippen molar-refractivity contribution in [2.24, 2.45) is 0 Å². The van der Waals surface area contributed by atoms with Crippen molar-refractivity contribution in [2.45, 2.75) is 31.5 Å². The molecule has 2 unspecified atom stereocenters. The number of rotatable bonds is 4. The Labute approximate surface area is 216 Å². The van der Waals surface area contributed by atoms with Crippen molar-refractivity contribution >= 4 is 61.4 Å². The van der Waals surface area contributed by atoms with E-state index in [1.165, 1.54) is 11.3 Å². The molecule has 0 aliphatic carbocycles. The largest absolute Gasteiger partial charge is 0.352 e. The first-order chi connectivity index (χ1) is 18.1. The molecule has 2 saturated heterocycles. The van der Waals surface area contributed by atoms with E-state index in [1.54, 1.807) is 6.20 Å². The fourth-order valence-corrected chi connectivity index (χ4v) is 6.72. The second kappa shape index (κ2) is 8.74. The topological polar surface area (TPSA) is 94.2 Å². The van der Waals surface area contributed by atoms with Crippen LogP contribution in [0.4, 0.5) is 10.3 Å². The third-order valence-electron chi connectivity index (χ3n) is 7.73. The molecular formula is C27H25FN6O2S. The van der Waals surface area contributed by atoms with E-state index in [4.69, 9.17) is 9.97 Å². The summed E-state index contributed by atoms with van der Waals surface area (Å²) in [5.74, 6) is -0.563. The van der Waals surface area contributed by atoms with E-state index in [-0.39, 0.29) is 18.2 Å². The number of carbonyl (C=O) groups excluding carboxylic acids is 2. The maximum Gasteiger partial charge on any atom is 0.261 e. The molecule has 0 saturated carbocycles. The fraction of sp³-hybridized carbons (Fsp3) is 0.333. The Morgan fingerprint density at radius 1 is 0.973 bits per heavy atom. The minimum absolute atomic E-state index is 0.0761. The minimum atomic E-state index is -1.01. The van der Waals surface area contributed by atoms with Crippen molar-refractivity contribution in [2.75, 3.05) is 31.1 Å². The standard InChI is InChI=1S/C27H25FN6O2S/c28-18-14-34(11-7-20(18)33-9-3-4-10-33)27-30-19-6-2-1-5-16(19)23(31-27)22-21(24(35)32-25(22)36)17-13-29-26-15(17)8-12-37-26/h1-2,5-6,8,12-13,18,20,29H,3-4,7,9-11,14H2,(H,32,35,36). The number of halogens is 1. The Bertz CT molecular complexity index is 1590. The van der Waals surface area contributed by atoms with Gasteiger partial charge in [-0.3, -0.25) is 19.8 Å². The number of thiophene rings is 1. The lowest BCUT2D eigenvalue weighted by molar-refractivity contribution is -0.122. The number of benzene rings is 1. The van der Waals surface area contributed by atoms with Crippen molar-refractivity contribution < 1.29 is 14.0 Å². The maximum atomic E-state index is 15.4. The summed E-state index contributed by atoms with van der Waals surface area (Å²) in [6, 6.07) is 9.29. The van der Waals surface area contributed by atoms with Gasteiger partial charge in [-0.25, -0.2) is 14.4 Å². The molecule has 2 fully saturated rings. The van der Waals surface area contributed by atoms with Gasteiger partial charge < -0.3 is 9.88 Å². The molecule has 2 atom stereocenters. The number of nitrogens with one attached hydrogen (secondary N) is 2. The molecule has 6 heterocycles. The molecule has 1 aromatic carbocycles. The number of hydrogen-bond donors (Lipinski definition) is 2. The number of hydrogen-bond acceptors (Lipinski definition) is 7. The third-order valence-corrected chi connectivity index (χ3v) is 8.58. The Kier molecular flexibility index (Phi) is 5.33. The van der Waals surface area contributed by atoms with Crippen molar-refractivity contribution in [3.8, 4) is 0 Å². The Balaban J connectivity index is 1.35. The number of fused-ring (bicyclic) bond motifs is 2. The van der Waals surface area contributed by atoms with Gasteiger partial charge in [0.15, 0.2) is 0 Å². The molecular weight excluding hydrogens is 491 g/mol. The number of likely N-dealkylation sites (tertiary alicyclic amines) is 1. The predicted octanol–water partition coefficient (Wildman–Crippen LogP) is 3.75. The first kappa shape index (κ1) is 22.6. The molecule has 0 radical (unpaired) electrons. The van der Waals surface area contributed by atoms with Gasteiger partial charge in [-0.15, -0.1) is 11.3 Å². The van der Waals surface area contributed by atoms with Crippen molar-refractivity contribution in [1.82, 2.24) is 25.2 Å². The molecule has 188 valence electrons. The highest BCUT2D eigenvalue weighted by Crippen LogP contribution is 2.38. The lowest BCUT2D eigenvalue weighted by atomic mass is 9.97. The fourth-order valence-electron chi connectivity index (χ4n) is 5.95. The number of aromatic amines is 1. The molecule has 37 heavy (non-hydrogen) atoms. The van der Waals surface area contributed by atoms with Crippen LogP contribution in [0.2, 0.25) is 0 Å². The average molecular weight is 517 g/mol. The predicted molar refractivity (Wildman–Crippen MR) is 142 cm³/mol. The number of carbonyl (C=O) groups is 2. The average Bonchev–Trinajstić information content (AvgIpc) is 3.69. The van der Waals surface area contributed by atoms with E-state index in [2.05, 4.69) is 15.2 Å².